The monoisotopic (exact) mass is 415 g/mol. The number of carboxylic acid groups (broad SMARTS) is 2. The molecule has 2 aromatic heterocycles. The zero-order chi connectivity index (χ0) is 21.0. The average Bonchev–Trinajstić information content (AvgIpc) is 3.29. The van der Waals surface area contributed by atoms with E-state index in [0.717, 1.165) is 48.2 Å². The maximum absolute atomic E-state index is 12.6. The van der Waals surface area contributed by atoms with Gasteiger partial charge in [0.15, 0.2) is 5.82 Å². The minimum Gasteiger partial charge on any atom is -0.450 e. The molecule has 0 fully saturated rings. The molecule has 0 aromatic carbocycles. The molecule has 2 aliphatic rings. The van der Waals surface area contributed by atoms with E-state index in [4.69, 9.17) is 15.0 Å². The van der Waals surface area contributed by atoms with Crippen LogP contribution < -0.4 is 5.32 Å². The third-order valence-corrected chi connectivity index (χ3v) is 6.33. The van der Waals surface area contributed by atoms with Crippen LogP contribution in [0.15, 0.2) is 30.1 Å². The third kappa shape index (κ3) is 5.20. The molecule has 2 heterocycles. The van der Waals surface area contributed by atoms with E-state index in [-0.39, 0.29) is 11.3 Å². The number of carbonyl (C=O) groups excluding carboxylic acids is 1. The van der Waals surface area contributed by atoms with Gasteiger partial charge in [-0.15, -0.1) is 11.3 Å². The lowest BCUT2D eigenvalue weighted by molar-refractivity contribution is -0.112. The molecule has 0 radical (unpaired) electrons. The molecular weight excluding hydrogens is 390 g/mol. The molecule has 2 aromatic rings. The van der Waals surface area contributed by atoms with Crippen LogP contribution in [-0.4, -0.2) is 32.2 Å². The second kappa shape index (κ2) is 8.73. The normalized spacial score (nSPS) is 16.8. The number of amides is 1. The number of hydrogen-bond donors (Lipinski definition) is 3. The molecule has 7 nitrogen and oxygen atoms in total. The van der Waals surface area contributed by atoms with Crippen LogP contribution in [0.3, 0.4) is 0 Å². The molecule has 0 saturated carbocycles. The van der Waals surface area contributed by atoms with Crippen molar-refractivity contribution in [3.05, 3.63) is 40.5 Å². The van der Waals surface area contributed by atoms with Crippen molar-refractivity contribution in [2.45, 2.75) is 52.4 Å². The van der Waals surface area contributed by atoms with Crippen molar-refractivity contribution >= 4 is 28.4 Å². The zero-order valence-corrected chi connectivity index (χ0v) is 17.4. The van der Waals surface area contributed by atoms with Gasteiger partial charge in [0, 0.05) is 22.8 Å². The summed E-state index contributed by atoms with van der Waals surface area (Å²) in [5, 5.41) is 18.0. The maximum Gasteiger partial charge on any atom is 0.503 e. The average molecular weight is 416 g/mol. The summed E-state index contributed by atoms with van der Waals surface area (Å²) in [6.45, 7) is 4.62. The SMILES string of the molecule is CC1(C)CCc2sc(NC(=O)C3=CCCC3)c(-c3ncccn3)c2C1.O=C(O)O. The molecule has 154 valence electrons. The predicted molar refractivity (Wildman–Crippen MR) is 112 cm³/mol. The first kappa shape index (κ1) is 21.0. The Kier molecular flexibility index (Phi) is 6.32. The van der Waals surface area contributed by atoms with Crippen LogP contribution in [-0.2, 0) is 17.6 Å². The molecule has 0 atom stereocenters. The number of aromatic nitrogens is 2. The Morgan fingerprint density at radius 3 is 2.48 bits per heavy atom. The standard InChI is InChI=1S/C20H23N3OS.CH2O3/c1-20(2)9-8-15-14(12-20)16(17-21-10-5-11-22-17)19(25-15)23-18(24)13-6-3-4-7-13;2-1(3)4/h5-6,10-11H,3-4,7-9,12H2,1-2H3,(H,23,24);(H2,2,3,4). The van der Waals surface area contributed by atoms with Gasteiger partial charge in [0.2, 0.25) is 0 Å². The zero-order valence-electron chi connectivity index (χ0n) is 16.6. The van der Waals surface area contributed by atoms with Gasteiger partial charge in [-0.3, -0.25) is 4.79 Å². The summed E-state index contributed by atoms with van der Waals surface area (Å²) in [4.78, 5) is 31.5. The second-order valence-corrected chi connectivity index (χ2v) is 9.08. The molecule has 0 bridgehead atoms. The van der Waals surface area contributed by atoms with E-state index < -0.39 is 6.16 Å². The largest absolute Gasteiger partial charge is 0.503 e. The Balaban J connectivity index is 0.000000552. The van der Waals surface area contributed by atoms with Crippen LogP contribution in [0.2, 0.25) is 0 Å². The maximum atomic E-state index is 12.6. The summed E-state index contributed by atoms with van der Waals surface area (Å²) in [5.41, 5.74) is 3.53. The number of nitrogens with one attached hydrogen (secondary N) is 1. The Morgan fingerprint density at radius 1 is 1.17 bits per heavy atom. The van der Waals surface area contributed by atoms with E-state index >= 15 is 0 Å². The number of carbonyl (C=O) groups is 2. The van der Waals surface area contributed by atoms with Gasteiger partial charge in [-0.05, 0) is 55.6 Å². The van der Waals surface area contributed by atoms with Crippen LogP contribution in [0.4, 0.5) is 9.80 Å². The topological polar surface area (TPSA) is 112 Å². The smallest absolute Gasteiger partial charge is 0.450 e. The van der Waals surface area contributed by atoms with Crippen molar-refractivity contribution in [1.29, 1.82) is 0 Å². The van der Waals surface area contributed by atoms with E-state index in [1.54, 1.807) is 23.7 Å². The molecule has 0 unspecified atom stereocenters. The quantitative estimate of drug-likeness (QED) is 0.651. The van der Waals surface area contributed by atoms with Gasteiger partial charge < -0.3 is 15.5 Å². The van der Waals surface area contributed by atoms with Gasteiger partial charge in [-0.25, -0.2) is 14.8 Å². The van der Waals surface area contributed by atoms with E-state index in [2.05, 4.69) is 35.2 Å². The number of thiophene rings is 1. The van der Waals surface area contributed by atoms with E-state index in [0.29, 0.717) is 5.82 Å². The number of nitrogens with zero attached hydrogens (tertiary/aromatic N) is 2. The fraction of sp³-hybridized carbons (Fsp3) is 0.429. The second-order valence-electron chi connectivity index (χ2n) is 7.98. The van der Waals surface area contributed by atoms with Gasteiger partial charge >= 0.3 is 6.16 Å². The predicted octanol–water partition coefficient (Wildman–Crippen LogP) is 4.99. The van der Waals surface area contributed by atoms with Crippen molar-refractivity contribution in [2.24, 2.45) is 5.41 Å². The summed E-state index contributed by atoms with van der Waals surface area (Å²) in [6, 6.07) is 1.83. The Labute approximate surface area is 173 Å². The number of rotatable bonds is 3. The van der Waals surface area contributed by atoms with E-state index in [9.17, 15) is 4.79 Å². The van der Waals surface area contributed by atoms with Crippen molar-refractivity contribution in [1.82, 2.24) is 9.97 Å². The molecule has 0 saturated heterocycles. The number of allylic oxidation sites excluding steroid dienone is 1. The Hall–Kier alpha value is -2.74. The van der Waals surface area contributed by atoms with Gasteiger partial charge in [0.25, 0.3) is 5.91 Å². The molecule has 4 rings (SSSR count). The minimum absolute atomic E-state index is 0.0348. The molecule has 2 aliphatic carbocycles. The Morgan fingerprint density at radius 2 is 1.86 bits per heavy atom. The van der Waals surface area contributed by atoms with Crippen molar-refractivity contribution in [2.75, 3.05) is 5.32 Å². The van der Waals surface area contributed by atoms with Gasteiger partial charge in [0.05, 0.1) is 5.56 Å². The van der Waals surface area contributed by atoms with Gasteiger partial charge in [0.1, 0.15) is 5.00 Å². The lowest BCUT2D eigenvalue weighted by atomic mass is 9.76. The molecule has 8 heteroatoms. The lowest BCUT2D eigenvalue weighted by Crippen LogP contribution is -2.21. The molecular formula is C21H25N3O4S. The summed E-state index contributed by atoms with van der Waals surface area (Å²) in [7, 11) is 0. The fourth-order valence-electron chi connectivity index (χ4n) is 3.73. The van der Waals surface area contributed by atoms with Crippen molar-refractivity contribution < 1.29 is 19.8 Å². The minimum atomic E-state index is -1.83. The summed E-state index contributed by atoms with van der Waals surface area (Å²) in [6.07, 6.45) is 9.96. The van der Waals surface area contributed by atoms with Crippen molar-refractivity contribution in [3.8, 4) is 11.4 Å². The van der Waals surface area contributed by atoms with Crippen LogP contribution in [0.5, 0.6) is 0 Å². The highest BCUT2D eigenvalue weighted by Crippen LogP contribution is 2.47. The molecule has 3 N–H and O–H groups in total. The highest BCUT2D eigenvalue weighted by Gasteiger charge is 2.32. The van der Waals surface area contributed by atoms with Crippen LogP contribution in [0, 0.1) is 5.41 Å². The van der Waals surface area contributed by atoms with Crippen LogP contribution >= 0.6 is 11.3 Å². The number of fused-ring (bicyclic) bond motifs is 1. The summed E-state index contributed by atoms with van der Waals surface area (Å²) >= 11 is 1.71. The van der Waals surface area contributed by atoms with Gasteiger partial charge in [-0.2, -0.15) is 0 Å². The molecule has 0 spiro atoms. The Bertz CT molecular complexity index is 931. The number of anilines is 1. The lowest BCUT2D eigenvalue weighted by Gasteiger charge is -2.29. The first-order chi connectivity index (χ1) is 13.8. The summed E-state index contributed by atoms with van der Waals surface area (Å²) < 4.78 is 0. The van der Waals surface area contributed by atoms with E-state index in [1.165, 1.54) is 16.9 Å². The highest BCUT2D eigenvalue weighted by molar-refractivity contribution is 7.17. The van der Waals surface area contributed by atoms with E-state index in [1.807, 2.05) is 6.07 Å². The number of hydrogen-bond acceptors (Lipinski definition) is 5. The first-order valence-corrected chi connectivity index (χ1v) is 10.4. The van der Waals surface area contributed by atoms with Crippen molar-refractivity contribution in [3.63, 3.8) is 0 Å². The third-order valence-electron chi connectivity index (χ3n) is 5.12. The highest BCUT2D eigenvalue weighted by atomic mass is 32.1. The van der Waals surface area contributed by atoms with Gasteiger partial charge in [-0.1, -0.05) is 19.9 Å². The first-order valence-electron chi connectivity index (χ1n) is 9.61. The molecule has 1 amide bonds. The number of aryl methyl sites for hydroxylation is 1. The van der Waals surface area contributed by atoms with Crippen LogP contribution in [0.25, 0.3) is 11.4 Å². The molecule has 0 aliphatic heterocycles. The summed E-state index contributed by atoms with van der Waals surface area (Å²) in [5.74, 6) is 0.751. The fourth-order valence-corrected chi connectivity index (χ4v) is 4.94. The van der Waals surface area contributed by atoms with Crippen LogP contribution in [0.1, 0.15) is 50.0 Å². The molecule has 29 heavy (non-hydrogen) atoms.